The third-order valence-corrected chi connectivity index (χ3v) is 3.67. The molecular weight excluding hydrogens is 333 g/mol. The molecule has 1 N–H and O–H groups in total. The zero-order valence-electron chi connectivity index (χ0n) is 12.9. The van der Waals surface area contributed by atoms with Crippen molar-refractivity contribution in [3.05, 3.63) is 88.0 Å². The first-order valence-corrected chi connectivity index (χ1v) is 7.41. The fourth-order valence-electron chi connectivity index (χ4n) is 2.39. The van der Waals surface area contributed by atoms with E-state index in [1.165, 1.54) is 36.4 Å². The quantitative estimate of drug-likeness (QED) is 0.790. The van der Waals surface area contributed by atoms with Gasteiger partial charge in [-0.1, -0.05) is 0 Å². The van der Waals surface area contributed by atoms with Crippen LogP contribution in [0, 0.1) is 17.5 Å². The van der Waals surface area contributed by atoms with E-state index in [0.717, 1.165) is 22.9 Å². The number of benzene rings is 2. The lowest BCUT2D eigenvalue weighted by atomic mass is 10.1. The second-order valence-corrected chi connectivity index (χ2v) is 5.43. The molecule has 128 valence electrons. The molecule has 3 rings (SSSR count). The van der Waals surface area contributed by atoms with E-state index in [9.17, 15) is 23.1 Å². The van der Waals surface area contributed by atoms with Gasteiger partial charge >= 0.3 is 0 Å². The number of hydrogen-bond acceptors (Lipinski definition) is 3. The topological polar surface area (TPSA) is 55.1 Å². The Hall–Kier alpha value is -2.93. The predicted octanol–water partition coefficient (Wildman–Crippen LogP) is 3.06. The largest absolute Gasteiger partial charge is 0.386 e. The molecule has 0 aliphatic carbocycles. The summed E-state index contributed by atoms with van der Waals surface area (Å²) in [7, 11) is 0. The molecule has 1 unspecified atom stereocenters. The molecule has 2 aromatic carbocycles. The van der Waals surface area contributed by atoms with E-state index in [2.05, 4.69) is 5.10 Å². The third-order valence-electron chi connectivity index (χ3n) is 3.67. The zero-order valence-corrected chi connectivity index (χ0v) is 12.9. The zero-order chi connectivity index (χ0) is 18.0. The minimum absolute atomic E-state index is 0.263. The summed E-state index contributed by atoms with van der Waals surface area (Å²) in [5, 5.41) is 14.2. The van der Waals surface area contributed by atoms with Crippen molar-refractivity contribution in [2.24, 2.45) is 0 Å². The Labute approximate surface area is 140 Å². The SMILES string of the molecule is O=c1ccc(-c2ccc(F)cc2)nn1CC(O)c1cc(F)ccc1F. The normalized spacial score (nSPS) is 12.2. The minimum Gasteiger partial charge on any atom is -0.386 e. The maximum Gasteiger partial charge on any atom is 0.266 e. The van der Waals surface area contributed by atoms with Gasteiger partial charge < -0.3 is 5.11 Å². The first-order valence-electron chi connectivity index (χ1n) is 7.41. The fraction of sp³-hybridized carbons (Fsp3) is 0.111. The molecule has 0 aliphatic rings. The van der Waals surface area contributed by atoms with E-state index in [-0.39, 0.29) is 12.1 Å². The molecule has 0 radical (unpaired) electrons. The summed E-state index contributed by atoms with van der Waals surface area (Å²) in [5.41, 5.74) is 0.177. The van der Waals surface area contributed by atoms with E-state index in [0.29, 0.717) is 11.3 Å². The van der Waals surface area contributed by atoms with Gasteiger partial charge in [0.15, 0.2) is 0 Å². The Kier molecular flexibility index (Phi) is 4.67. The van der Waals surface area contributed by atoms with Crippen LogP contribution < -0.4 is 5.56 Å². The highest BCUT2D eigenvalue weighted by atomic mass is 19.1. The smallest absolute Gasteiger partial charge is 0.266 e. The van der Waals surface area contributed by atoms with E-state index in [4.69, 9.17) is 0 Å². The Balaban J connectivity index is 1.92. The fourth-order valence-corrected chi connectivity index (χ4v) is 2.39. The summed E-state index contributed by atoms with van der Waals surface area (Å²) in [6, 6.07) is 10.9. The lowest BCUT2D eigenvalue weighted by Gasteiger charge is -2.14. The first-order chi connectivity index (χ1) is 11.9. The van der Waals surface area contributed by atoms with Crippen molar-refractivity contribution in [3.63, 3.8) is 0 Å². The van der Waals surface area contributed by atoms with Gasteiger partial charge in [0.05, 0.1) is 12.2 Å². The van der Waals surface area contributed by atoms with Crippen molar-refractivity contribution in [2.45, 2.75) is 12.6 Å². The maximum absolute atomic E-state index is 13.7. The summed E-state index contributed by atoms with van der Waals surface area (Å²) in [4.78, 5) is 11.9. The van der Waals surface area contributed by atoms with Crippen molar-refractivity contribution in [3.8, 4) is 11.3 Å². The van der Waals surface area contributed by atoms with Gasteiger partial charge in [-0.15, -0.1) is 0 Å². The summed E-state index contributed by atoms with van der Waals surface area (Å²) in [5.74, 6) is -1.89. The van der Waals surface area contributed by atoms with Crippen LogP contribution in [0.5, 0.6) is 0 Å². The van der Waals surface area contributed by atoms with Crippen LogP contribution >= 0.6 is 0 Å². The van der Waals surface area contributed by atoms with E-state index in [1.54, 1.807) is 0 Å². The van der Waals surface area contributed by atoms with E-state index >= 15 is 0 Å². The van der Waals surface area contributed by atoms with Gasteiger partial charge in [-0.05, 0) is 48.5 Å². The van der Waals surface area contributed by atoms with Gasteiger partial charge in [-0.25, -0.2) is 17.9 Å². The highest BCUT2D eigenvalue weighted by molar-refractivity contribution is 5.57. The highest BCUT2D eigenvalue weighted by Gasteiger charge is 2.16. The molecule has 25 heavy (non-hydrogen) atoms. The van der Waals surface area contributed by atoms with Crippen LogP contribution in [0.3, 0.4) is 0 Å². The summed E-state index contributed by atoms with van der Waals surface area (Å²) in [6.45, 7) is -0.353. The number of aliphatic hydroxyl groups excluding tert-OH is 1. The standard InChI is InChI=1S/C18H13F3N2O2/c19-12-3-1-11(2-4-12)16-7-8-18(25)23(22-16)10-17(24)14-9-13(20)5-6-15(14)21/h1-9,17,24H,10H2. The number of rotatable bonds is 4. The third kappa shape index (κ3) is 3.77. The number of aliphatic hydroxyl groups is 1. The average molecular weight is 346 g/mol. The van der Waals surface area contributed by atoms with Crippen molar-refractivity contribution < 1.29 is 18.3 Å². The van der Waals surface area contributed by atoms with Gasteiger partial charge in [-0.2, -0.15) is 5.10 Å². The second kappa shape index (κ2) is 6.90. The predicted molar refractivity (Wildman–Crippen MR) is 85.2 cm³/mol. The molecule has 7 heteroatoms. The first kappa shape index (κ1) is 16.9. The van der Waals surface area contributed by atoms with E-state index in [1.807, 2.05) is 0 Å². The Bertz CT molecular complexity index is 955. The van der Waals surface area contributed by atoms with Crippen LogP contribution in [0.15, 0.2) is 59.4 Å². The summed E-state index contributed by atoms with van der Waals surface area (Å²) in [6.07, 6.45) is -1.45. The van der Waals surface area contributed by atoms with Crippen molar-refractivity contribution in [1.29, 1.82) is 0 Å². The lowest BCUT2D eigenvalue weighted by Crippen LogP contribution is -2.25. The van der Waals surface area contributed by atoms with Crippen LogP contribution in [0.2, 0.25) is 0 Å². The molecule has 0 aliphatic heterocycles. The molecule has 1 atom stereocenters. The summed E-state index contributed by atoms with van der Waals surface area (Å²) < 4.78 is 40.9. The van der Waals surface area contributed by atoms with Crippen LogP contribution in [-0.2, 0) is 6.54 Å². The molecule has 0 saturated carbocycles. The maximum atomic E-state index is 13.7. The lowest BCUT2D eigenvalue weighted by molar-refractivity contribution is 0.144. The Morgan fingerprint density at radius 1 is 0.960 bits per heavy atom. The van der Waals surface area contributed by atoms with Crippen LogP contribution in [0.4, 0.5) is 13.2 Å². The highest BCUT2D eigenvalue weighted by Crippen LogP contribution is 2.20. The van der Waals surface area contributed by atoms with Gasteiger partial charge in [0, 0.05) is 17.2 Å². The average Bonchev–Trinajstić information content (AvgIpc) is 2.59. The molecule has 1 aromatic heterocycles. The number of aromatic nitrogens is 2. The number of halogens is 3. The molecule has 0 saturated heterocycles. The molecular formula is C18H13F3N2O2. The second-order valence-electron chi connectivity index (χ2n) is 5.43. The van der Waals surface area contributed by atoms with E-state index < -0.39 is 29.1 Å². The molecule has 1 heterocycles. The van der Waals surface area contributed by atoms with Crippen LogP contribution in [0.25, 0.3) is 11.3 Å². The summed E-state index contributed by atoms with van der Waals surface area (Å²) >= 11 is 0. The van der Waals surface area contributed by atoms with Crippen molar-refractivity contribution >= 4 is 0 Å². The molecule has 3 aromatic rings. The Morgan fingerprint density at radius 3 is 2.36 bits per heavy atom. The molecule has 0 fully saturated rings. The van der Waals surface area contributed by atoms with Crippen LogP contribution in [0.1, 0.15) is 11.7 Å². The molecule has 0 spiro atoms. The van der Waals surface area contributed by atoms with Gasteiger partial charge in [0.25, 0.3) is 5.56 Å². The number of nitrogens with zero attached hydrogens (tertiary/aromatic N) is 2. The molecule has 4 nitrogen and oxygen atoms in total. The van der Waals surface area contributed by atoms with Crippen LogP contribution in [-0.4, -0.2) is 14.9 Å². The van der Waals surface area contributed by atoms with Gasteiger partial charge in [0.2, 0.25) is 0 Å². The molecule has 0 bridgehead atoms. The van der Waals surface area contributed by atoms with Crippen molar-refractivity contribution in [2.75, 3.05) is 0 Å². The van der Waals surface area contributed by atoms with Gasteiger partial charge in [0.1, 0.15) is 23.6 Å². The van der Waals surface area contributed by atoms with Crippen molar-refractivity contribution in [1.82, 2.24) is 9.78 Å². The minimum atomic E-state index is -1.45. The Morgan fingerprint density at radius 2 is 1.64 bits per heavy atom. The number of hydrogen-bond donors (Lipinski definition) is 1. The monoisotopic (exact) mass is 346 g/mol. The van der Waals surface area contributed by atoms with Gasteiger partial charge in [-0.3, -0.25) is 4.79 Å². The molecule has 0 amide bonds.